The molecule has 0 saturated carbocycles. The van der Waals surface area contributed by atoms with E-state index in [-0.39, 0.29) is 5.91 Å². The molecule has 20 heavy (non-hydrogen) atoms. The molecule has 2 aromatic rings. The fourth-order valence-corrected chi connectivity index (χ4v) is 2.53. The second-order valence-corrected chi connectivity index (χ2v) is 5.75. The first-order valence-corrected chi connectivity index (χ1v) is 7.37. The Morgan fingerprint density at radius 2 is 2.20 bits per heavy atom. The molecule has 0 fully saturated rings. The summed E-state index contributed by atoms with van der Waals surface area (Å²) >= 11 is 7.27. The lowest BCUT2D eigenvalue weighted by atomic mass is 10.2. The van der Waals surface area contributed by atoms with Crippen LogP contribution in [0.1, 0.15) is 18.2 Å². The third-order valence-electron chi connectivity index (χ3n) is 2.66. The second-order valence-electron chi connectivity index (χ2n) is 4.45. The zero-order valence-corrected chi connectivity index (χ0v) is 13.0. The van der Waals surface area contributed by atoms with Gasteiger partial charge in [0.15, 0.2) is 11.2 Å². The maximum Gasteiger partial charge on any atom is 0.266 e. The predicted molar refractivity (Wildman–Crippen MR) is 81.8 cm³/mol. The highest BCUT2D eigenvalue weighted by atomic mass is 35.5. The van der Waals surface area contributed by atoms with Gasteiger partial charge < -0.3 is 4.74 Å². The van der Waals surface area contributed by atoms with Gasteiger partial charge in [0.05, 0.1) is 5.69 Å². The van der Waals surface area contributed by atoms with E-state index >= 15 is 0 Å². The molecule has 6 heteroatoms. The smallest absolute Gasteiger partial charge is 0.266 e. The van der Waals surface area contributed by atoms with E-state index in [0.717, 1.165) is 11.3 Å². The first kappa shape index (κ1) is 14.8. The molecule has 0 aliphatic rings. The van der Waals surface area contributed by atoms with Crippen molar-refractivity contribution in [3.05, 3.63) is 39.9 Å². The Bertz CT molecular complexity index is 627. The maximum atomic E-state index is 12.0. The van der Waals surface area contributed by atoms with Crippen LogP contribution in [-0.2, 0) is 4.79 Å². The van der Waals surface area contributed by atoms with Crippen molar-refractivity contribution in [2.24, 2.45) is 0 Å². The Kier molecular flexibility index (Phi) is 4.62. The maximum absolute atomic E-state index is 12.0. The molecule has 0 bridgehead atoms. The van der Waals surface area contributed by atoms with Crippen molar-refractivity contribution in [1.29, 1.82) is 0 Å². The van der Waals surface area contributed by atoms with E-state index in [2.05, 4.69) is 10.3 Å². The number of halogens is 1. The van der Waals surface area contributed by atoms with Crippen molar-refractivity contribution in [2.45, 2.75) is 26.9 Å². The molecule has 0 radical (unpaired) electrons. The van der Waals surface area contributed by atoms with Crippen molar-refractivity contribution in [2.75, 3.05) is 5.32 Å². The van der Waals surface area contributed by atoms with Crippen LogP contribution in [0.5, 0.6) is 5.75 Å². The molecule has 0 unspecified atom stereocenters. The topological polar surface area (TPSA) is 51.2 Å². The quantitative estimate of drug-likeness (QED) is 0.934. The zero-order chi connectivity index (χ0) is 14.7. The fraction of sp³-hybridized carbons (Fsp3) is 0.286. The highest BCUT2D eigenvalue weighted by molar-refractivity contribution is 7.13. The number of ether oxygens (including phenoxy) is 1. The lowest BCUT2D eigenvalue weighted by Gasteiger charge is -2.15. The van der Waals surface area contributed by atoms with Gasteiger partial charge in [0.25, 0.3) is 5.91 Å². The number of anilines is 1. The third-order valence-corrected chi connectivity index (χ3v) is 3.77. The van der Waals surface area contributed by atoms with Gasteiger partial charge in [-0.15, -0.1) is 11.3 Å². The minimum absolute atomic E-state index is 0.228. The molecule has 0 saturated heterocycles. The summed E-state index contributed by atoms with van der Waals surface area (Å²) in [5, 5.41) is 5.83. The molecule has 0 spiro atoms. The summed E-state index contributed by atoms with van der Waals surface area (Å²) in [5.74, 6) is 0.418. The fourth-order valence-electron chi connectivity index (χ4n) is 1.61. The number of aryl methyl sites for hydroxylation is 2. The van der Waals surface area contributed by atoms with Gasteiger partial charge in [-0.3, -0.25) is 10.1 Å². The standard InChI is InChI=1S/C14H15ClN2O2S/c1-8-6-11(15)4-5-12(8)19-10(3)13(18)17-14-16-9(2)7-20-14/h4-7,10H,1-3H3,(H,16,17,18)/t10-/m0/s1. The number of carbonyl (C=O) groups excluding carboxylic acids is 1. The van der Waals surface area contributed by atoms with Crippen LogP contribution in [0.4, 0.5) is 5.13 Å². The van der Waals surface area contributed by atoms with Crippen molar-refractivity contribution in [3.8, 4) is 5.75 Å². The number of aromatic nitrogens is 1. The molecular weight excluding hydrogens is 296 g/mol. The van der Waals surface area contributed by atoms with Gasteiger partial charge in [0, 0.05) is 10.4 Å². The summed E-state index contributed by atoms with van der Waals surface area (Å²) in [7, 11) is 0. The van der Waals surface area contributed by atoms with Crippen LogP contribution in [0.25, 0.3) is 0 Å². The number of hydrogen-bond acceptors (Lipinski definition) is 4. The molecule has 0 aliphatic carbocycles. The van der Waals surface area contributed by atoms with Gasteiger partial charge in [0.1, 0.15) is 5.75 Å². The number of nitrogens with one attached hydrogen (secondary N) is 1. The zero-order valence-electron chi connectivity index (χ0n) is 11.4. The predicted octanol–water partition coefficient (Wildman–Crippen LogP) is 3.82. The Morgan fingerprint density at radius 1 is 1.45 bits per heavy atom. The van der Waals surface area contributed by atoms with Gasteiger partial charge >= 0.3 is 0 Å². The number of thiazole rings is 1. The Labute approximate surface area is 126 Å². The molecule has 1 N–H and O–H groups in total. The molecule has 4 nitrogen and oxygen atoms in total. The minimum atomic E-state index is -0.612. The van der Waals surface area contributed by atoms with Crippen LogP contribution in [0.15, 0.2) is 23.6 Å². The highest BCUT2D eigenvalue weighted by Crippen LogP contribution is 2.23. The van der Waals surface area contributed by atoms with Crippen LogP contribution >= 0.6 is 22.9 Å². The third kappa shape index (κ3) is 3.71. The molecule has 1 heterocycles. The van der Waals surface area contributed by atoms with E-state index in [1.807, 2.05) is 19.2 Å². The van der Waals surface area contributed by atoms with E-state index in [1.54, 1.807) is 25.1 Å². The van der Waals surface area contributed by atoms with E-state index in [4.69, 9.17) is 16.3 Å². The Balaban J connectivity index is 2.00. The lowest BCUT2D eigenvalue weighted by molar-refractivity contribution is -0.122. The summed E-state index contributed by atoms with van der Waals surface area (Å²) in [4.78, 5) is 16.2. The van der Waals surface area contributed by atoms with Gasteiger partial charge in [-0.25, -0.2) is 4.98 Å². The van der Waals surface area contributed by atoms with Crippen molar-refractivity contribution in [1.82, 2.24) is 4.98 Å². The molecular formula is C14H15ClN2O2S. The van der Waals surface area contributed by atoms with Crippen LogP contribution in [0.2, 0.25) is 5.02 Å². The first-order valence-electron chi connectivity index (χ1n) is 6.11. The van der Waals surface area contributed by atoms with Crippen LogP contribution in [0, 0.1) is 13.8 Å². The monoisotopic (exact) mass is 310 g/mol. The number of amides is 1. The number of carbonyl (C=O) groups is 1. The van der Waals surface area contributed by atoms with E-state index in [9.17, 15) is 4.79 Å². The molecule has 2 rings (SSSR count). The molecule has 106 valence electrons. The van der Waals surface area contributed by atoms with Gasteiger partial charge in [-0.05, 0) is 44.5 Å². The van der Waals surface area contributed by atoms with Crippen molar-refractivity contribution < 1.29 is 9.53 Å². The number of nitrogens with zero attached hydrogens (tertiary/aromatic N) is 1. The largest absolute Gasteiger partial charge is 0.481 e. The SMILES string of the molecule is Cc1csc(NC(=O)[C@H](C)Oc2ccc(Cl)cc2C)n1. The van der Waals surface area contributed by atoms with E-state index < -0.39 is 6.10 Å². The minimum Gasteiger partial charge on any atom is -0.481 e. The normalized spacial score (nSPS) is 12.0. The van der Waals surface area contributed by atoms with Crippen molar-refractivity contribution in [3.63, 3.8) is 0 Å². The van der Waals surface area contributed by atoms with Gasteiger partial charge in [0.2, 0.25) is 0 Å². The van der Waals surface area contributed by atoms with Crippen LogP contribution in [0.3, 0.4) is 0 Å². The Hall–Kier alpha value is -1.59. The number of rotatable bonds is 4. The Morgan fingerprint density at radius 3 is 2.80 bits per heavy atom. The highest BCUT2D eigenvalue weighted by Gasteiger charge is 2.17. The summed E-state index contributed by atoms with van der Waals surface area (Å²) in [6.07, 6.45) is -0.612. The molecule has 1 atom stereocenters. The van der Waals surface area contributed by atoms with Crippen molar-refractivity contribution >= 4 is 34.0 Å². The number of hydrogen-bond donors (Lipinski definition) is 1. The summed E-state index contributed by atoms with van der Waals surface area (Å²) in [6.45, 7) is 5.46. The summed E-state index contributed by atoms with van der Waals surface area (Å²) in [6, 6.07) is 5.29. The van der Waals surface area contributed by atoms with Gasteiger partial charge in [-0.2, -0.15) is 0 Å². The van der Waals surface area contributed by atoms with Gasteiger partial charge in [-0.1, -0.05) is 11.6 Å². The number of benzene rings is 1. The van der Waals surface area contributed by atoms with E-state index in [0.29, 0.717) is 15.9 Å². The van der Waals surface area contributed by atoms with Crippen LogP contribution in [-0.4, -0.2) is 17.0 Å². The molecule has 0 aliphatic heterocycles. The molecule has 1 aromatic heterocycles. The molecule has 1 amide bonds. The average Bonchev–Trinajstić information content (AvgIpc) is 2.78. The second kappa shape index (κ2) is 6.24. The first-order chi connectivity index (χ1) is 9.45. The van der Waals surface area contributed by atoms with Crippen LogP contribution < -0.4 is 10.1 Å². The van der Waals surface area contributed by atoms with E-state index in [1.165, 1.54) is 11.3 Å². The lowest BCUT2D eigenvalue weighted by Crippen LogP contribution is -2.30. The average molecular weight is 311 g/mol. The molecule has 1 aromatic carbocycles. The summed E-state index contributed by atoms with van der Waals surface area (Å²) < 4.78 is 5.65. The summed E-state index contributed by atoms with van der Waals surface area (Å²) in [5.41, 5.74) is 1.77.